The van der Waals surface area contributed by atoms with Gasteiger partial charge in [-0.15, -0.1) is 5.79 Å². The first-order valence-electron chi connectivity index (χ1n) is 9.23. The first-order chi connectivity index (χ1) is 12.9. The molecule has 0 bridgehead atoms. The standard InChI is InChI=1S/2C11H16O2.CH3.Al/c2*1-11(2,3)9-7-8(13-4)5-6-10(9)12;;/h2*5-7,12H,1-4H3;1H3;. The molecule has 2 rings (SSSR count). The monoisotopic (exact) mass is 402 g/mol. The predicted octanol–water partition coefficient (Wildman–Crippen LogP) is 5.60. The van der Waals surface area contributed by atoms with E-state index >= 15 is 0 Å². The van der Waals surface area contributed by atoms with Crippen LogP contribution >= 0.6 is 0 Å². The van der Waals surface area contributed by atoms with Crippen molar-refractivity contribution in [1.29, 1.82) is 0 Å². The van der Waals surface area contributed by atoms with E-state index in [9.17, 15) is 10.2 Å². The van der Waals surface area contributed by atoms with Crippen LogP contribution in [0.25, 0.3) is 0 Å². The first-order valence-corrected chi connectivity index (χ1v) is 10.4. The van der Waals surface area contributed by atoms with E-state index in [2.05, 4.69) is 57.8 Å². The summed E-state index contributed by atoms with van der Waals surface area (Å²) in [6.07, 6.45) is 0. The molecule has 2 N–H and O–H groups in total. The second-order valence-corrected chi connectivity index (χ2v) is 8.27. The molecule has 0 aromatic heterocycles. The van der Waals surface area contributed by atoms with Crippen LogP contribution in [0.5, 0.6) is 23.0 Å². The number of benzene rings is 2. The van der Waals surface area contributed by atoms with Gasteiger partial charge < -0.3 is 19.7 Å². The number of hydrogen-bond donors (Lipinski definition) is 2. The summed E-state index contributed by atoms with van der Waals surface area (Å²) in [5, 5.41) is 19.2. The number of hydrogen-bond acceptors (Lipinski definition) is 4. The van der Waals surface area contributed by atoms with Crippen molar-refractivity contribution in [3.05, 3.63) is 47.5 Å². The molecule has 0 fully saturated rings. The Balaban J connectivity index is 0.000000478. The van der Waals surface area contributed by atoms with Gasteiger partial charge in [-0.1, -0.05) is 41.5 Å². The second kappa shape index (κ2) is 11.2. The van der Waals surface area contributed by atoms with E-state index in [-0.39, 0.29) is 10.8 Å². The molecule has 5 heteroatoms. The van der Waals surface area contributed by atoms with E-state index in [0.29, 0.717) is 11.5 Å². The third kappa shape index (κ3) is 8.04. The Kier molecular flexibility index (Phi) is 10.5. The van der Waals surface area contributed by atoms with Gasteiger partial charge >= 0.3 is 0 Å². The van der Waals surface area contributed by atoms with Gasteiger partial charge in [0.2, 0.25) is 0 Å². The molecule has 0 aliphatic carbocycles. The van der Waals surface area contributed by atoms with Gasteiger partial charge in [0.1, 0.15) is 39.3 Å². The van der Waals surface area contributed by atoms with Crippen molar-refractivity contribution < 1.29 is 19.7 Å². The van der Waals surface area contributed by atoms with Gasteiger partial charge in [-0.25, -0.2) is 0 Å². The molecule has 0 aliphatic heterocycles. The minimum atomic E-state index is -0.0569. The highest BCUT2D eigenvalue weighted by atomic mass is 27.0. The number of phenolic OH excluding ortho intramolecular Hbond substituents is 2. The van der Waals surface area contributed by atoms with Gasteiger partial charge in [-0.3, -0.25) is 0 Å². The third-order valence-electron chi connectivity index (χ3n) is 4.02. The molecule has 0 heterocycles. The van der Waals surface area contributed by atoms with Gasteiger partial charge in [0, 0.05) is 11.1 Å². The summed E-state index contributed by atoms with van der Waals surface area (Å²) in [7, 11) is 3.25. The minimum absolute atomic E-state index is 0.0569. The summed E-state index contributed by atoms with van der Waals surface area (Å²) in [6.45, 7) is 12.3. The minimum Gasteiger partial charge on any atom is -0.508 e. The largest absolute Gasteiger partial charge is 0.508 e. The third-order valence-corrected chi connectivity index (χ3v) is 4.02. The highest BCUT2D eigenvalue weighted by Gasteiger charge is 2.19. The zero-order chi connectivity index (χ0) is 22.1. The highest BCUT2D eigenvalue weighted by Crippen LogP contribution is 2.34. The molecule has 2 aromatic carbocycles. The van der Waals surface area contributed by atoms with E-state index in [1.54, 1.807) is 38.5 Å². The average Bonchev–Trinajstić information content (AvgIpc) is 2.63. The van der Waals surface area contributed by atoms with Crippen LogP contribution in [0.2, 0.25) is 5.79 Å². The maximum atomic E-state index is 9.61. The van der Waals surface area contributed by atoms with Gasteiger partial charge in [-0.2, -0.15) is 0 Å². The van der Waals surface area contributed by atoms with Crippen LogP contribution in [-0.2, 0) is 10.8 Å². The number of methoxy groups -OCH3 is 2. The van der Waals surface area contributed by atoms with Gasteiger partial charge in [0.05, 0.1) is 14.2 Å². The molecule has 4 nitrogen and oxygen atoms in total. The topological polar surface area (TPSA) is 58.9 Å². The van der Waals surface area contributed by atoms with Crippen LogP contribution in [0.4, 0.5) is 0 Å². The van der Waals surface area contributed by atoms with Crippen molar-refractivity contribution in [2.75, 3.05) is 14.2 Å². The Morgan fingerprint density at radius 3 is 1.14 bits per heavy atom. The summed E-state index contributed by atoms with van der Waals surface area (Å²) in [4.78, 5) is 0. The SMILES string of the molecule is COc1ccc(O)c(C(C)(C)C)c1.COc1ccc(O)c(C(C)(C)C)c1.[CH3][Al]. The Hall–Kier alpha value is -1.83. The summed E-state index contributed by atoms with van der Waals surface area (Å²) in [6, 6.07) is 10.6. The maximum absolute atomic E-state index is 9.61. The Morgan fingerprint density at radius 1 is 0.643 bits per heavy atom. The average molecular weight is 403 g/mol. The normalized spacial score (nSPS) is 10.8. The van der Waals surface area contributed by atoms with E-state index in [4.69, 9.17) is 9.47 Å². The van der Waals surface area contributed by atoms with Crippen molar-refractivity contribution in [2.45, 2.75) is 58.2 Å². The summed E-state index contributed by atoms with van der Waals surface area (Å²) in [5.74, 6) is 4.13. The lowest BCUT2D eigenvalue weighted by Gasteiger charge is -2.20. The number of ether oxygens (including phenoxy) is 2. The lowest BCUT2D eigenvalue weighted by atomic mass is 9.86. The summed E-state index contributed by atoms with van der Waals surface area (Å²) < 4.78 is 10.2. The molecule has 2 radical (unpaired) electrons. The first kappa shape index (κ1) is 26.2. The highest BCUT2D eigenvalue weighted by molar-refractivity contribution is 6.05. The van der Waals surface area contributed by atoms with Crippen LogP contribution in [0.1, 0.15) is 52.7 Å². The molecule has 0 saturated carbocycles. The molecule has 28 heavy (non-hydrogen) atoms. The van der Waals surface area contributed by atoms with E-state index in [1.165, 1.54) is 0 Å². The van der Waals surface area contributed by atoms with Crippen LogP contribution in [0.15, 0.2) is 36.4 Å². The van der Waals surface area contributed by atoms with Gasteiger partial charge in [0.15, 0.2) is 0 Å². The van der Waals surface area contributed by atoms with Crippen LogP contribution < -0.4 is 9.47 Å². The zero-order valence-electron chi connectivity index (χ0n) is 18.8. The smallest absolute Gasteiger partial charge is 0.119 e. The fraction of sp³-hybridized carbons (Fsp3) is 0.478. The Morgan fingerprint density at radius 2 is 0.929 bits per heavy atom. The van der Waals surface area contributed by atoms with E-state index in [0.717, 1.165) is 22.6 Å². The molecule has 0 atom stereocenters. The molecular weight excluding hydrogens is 367 g/mol. The van der Waals surface area contributed by atoms with Gasteiger partial charge in [0.25, 0.3) is 0 Å². The van der Waals surface area contributed by atoms with E-state index < -0.39 is 0 Å². The van der Waals surface area contributed by atoms with Crippen LogP contribution in [-0.4, -0.2) is 40.7 Å². The quantitative estimate of drug-likeness (QED) is 0.642. The number of phenols is 2. The molecule has 0 aliphatic rings. The fourth-order valence-corrected chi connectivity index (χ4v) is 2.49. The second-order valence-electron chi connectivity index (χ2n) is 8.27. The van der Waals surface area contributed by atoms with Crippen molar-refractivity contribution in [2.24, 2.45) is 0 Å². The maximum Gasteiger partial charge on any atom is 0.119 e. The van der Waals surface area contributed by atoms with Crippen LogP contribution in [0.3, 0.4) is 0 Å². The number of rotatable bonds is 2. The predicted molar refractivity (Wildman–Crippen MR) is 118 cm³/mol. The molecule has 0 spiro atoms. The number of aromatic hydroxyl groups is 2. The van der Waals surface area contributed by atoms with Crippen molar-refractivity contribution in [3.8, 4) is 23.0 Å². The summed E-state index contributed by atoms with van der Waals surface area (Å²) in [5.41, 5.74) is 1.70. The van der Waals surface area contributed by atoms with Crippen molar-refractivity contribution in [3.63, 3.8) is 0 Å². The molecule has 154 valence electrons. The molecular formula is C23H35AlO4. The lowest BCUT2D eigenvalue weighted by molar-refractivity contribution is 0.405. The molecule has 0 saturated heterocycles. The van der Waals surface area contributed by atoms with E-state index in [1.807, 2.05) is 17.9 Å². The Labute approximate surface area is 178 Å². The van der Waals surface area contributed by atoms with Crippen molar-refractivity contribution in [1.82, 2.24) is 0 Å². The Bertz CT molecular complexity index is 665. The van der Waals surface area contributed by atoms with Crippen LogP contribution in [0, 0.1) is 0 Å². The summed E-state index contributed by atoms with van der Waals surface area (Å²) >= 11 is 2.42. The van der Waals surface area contributed by atoms with Crippen molar-refractivity contribution >= 4 is 16.3 Å². The fourth-order valence-electron chi connectivity index (χ4n) is 2.49. The molecule has 2 aromatic rings. The molecule has 0 amide bonds. The van der Waals surface area contributed by atoms with Gasteiger partial charge in [-0.05, 0) is 47.2 Å². The molecule has 0 unspecified atom stereocenters. The zero-order valence-corrected chi connectivity index (χ0v) is 19.9. The lowest BCUT2D eigenvalue weighted by Crippen LogP contribution is -2.11.